The summed E-state index contributed by atoms with van der Waals surface area (Å²) >= 11 is 0. The van der Waals surface area contributed by atoms with Crippen LogP contribution in [0.5, 0.6) is 0 Å². The lowest BCUT2D eigenvalue weighted by atomic mass is 10.0. The predicted molar refractivity (Wildman–Crippen MR) is 99.3 cm³/mol. The molecule has 1 aliphatic heterocycles. The molecule has 3 aromatic rings. The number of halogens is 1. The molecular weight excluding hydrogens is 345 g/mol. The normalized spacial score (nSPS) is 15.7. The first kappa shape index (κ1) is 16.8. The lowest BCUT2D eigenvalue weighted by molar-refractivity contribution is 0.0487. The van der Waals surface area contributed by atoms with Gasteiger partial charge in [-0.2, -0.15) is 0 Å². The summed E-state index contributed by atoms with van der Waals surface area (Å²) in [5.74, 6) is -1.34. The van der Waals surface area contributed by atoms with Gasteiger partial charge in [0.2, 0.25) is 0 Å². The van der Waals surface area contributed by atoms with Crippen molar-refractivity contribution in [3.63, 3.8) is 0 Å². The van der Waals surface area contributed by atoms with Gasteiger partial charge in [-0.05, 0) is 30.3 Å². The molecule has 0 unspecified atom stereocenters. The van der Waals surface area contributed by atoms with Crippen molar-refractivity contribution >= 4 is 17.5 Å². The van der Waals surface area contributed by atoms with Gasteiger partial charge in [-0.3, -0.25) is 15.0 Å². The minimum absolute atomic E-state index is 0.258. The van der Waals surface area contributed by atoms with Gasteiger partial charge in [-0.25, -0.2) is 9.40 Å². The Morgan fingerprint density at radius 1 is 0.926 bits per heavy atom. The van der Waals surface area contributed by atoms with E-state index in [1.54, 1.807) is 72.8 Å². The Balaban J connectivity index is 1.74. The van der Waals surface area contributed by atoms with Crippen LogP contribution < -0.4 is 10.7 Å². The third-order valence-electron chi connectivity index (χ3n) is 4.38. The smallest absolute Gasteiger partial charge is 0.276 e. The standard InChI is InChI=1S/C21H16FN3O2/c22-17-12-6-4-10-15(17)19-23-18-13-7-5-11-16(18)21(27)25(19)24-20(26)14-8-2-1-3-9-14/h1-13,19,23H,(H,24,26)/t19-/m1/s1. The molecule has 0 aliphatic carbocycles. The second-order valence-corrected chi connectivity index (χ2v) is 6.10. The topological polar surface area (TPSA) is 61.4 Å². The molecule has 0 fully saturated rings. The fourth-order valence-electron chi connectivity index (χ4n) is 3.05. The number of fused-ring (bicyclic) bond motifs is 1. The van der Waals surface area contributed by atoms with Crippen molar-refractivity contribution < 1.29 is 14.0 Å². The Morgan fingerprint density at radius 2 is 1.59 bits per heavy atom. The van der Waals surface area contributed by atoms with E-state index in [-0.39, 0.29) is 5.56 Å². The van der Waals surface area contributed by atoms with Gasteiger partial charge in [-0.1, -0.05) is 48.5 Å². The van der Waals surface area contributed by atoms with Crippen molar-refractivity contribution in [2.24, 2.45) is 0 Å². The number of amides is 2. The number of hydrazine groups is 1. The lowest BCUT2D eigenvalue weighted by Crippen LogP contribution is -2.53. The third kappa shape index (κ3) is 3.13. The van der Waals surface area contributed by atoms with Crippen molar-refractivity contribution in [1.29, 1.82) is 0 Å². The fraction of sp³-hybridized carbons (Fsp3) is 0.0476. The summed E-state index contributed by atoms with van der Waals surface area (Å²) in [7, 11) is 0. The van der Waals surface area contributed by atoms with E-state index >= 15 is 0 Å². The van der Waals surface area contributed by atoms with Crippen molar-refractivity contribution in [3.8, 4) is 0 Å². The van der Waals surface area contributed by atoms with Gasteiger partial charge < -0.3 is 5.32 Å². The molecule has 1 atom stereocenters. The van der Waals surface area contributed by atoms with Gasteiger partial charge in [-0.15, -0.1) is 0 Å². The van der Waals surface area contributed by atoms with Gasteiger partial charge in [0.25, 0.3) is 11.8 Å². The molecule has 5 nitrogen and oxygen atoms in total. The number of benzene rings is 3. The van der Waals surface area contributed by atoms with Crippen LogP contribution >= 0.6 is 0 Å². The molecule has 4 rings (SSSR count). The minimum Gasteiger partial charge on any atom is -0.359 e. The number of para-hydroxylation sites is 1. The molecule has 0 saturated carbocycles. The highest BCUT2D eigenvalue weighted by molar-refractivity contribution is 6.03. The van der Waals surface area contributed by atoms with Crippen LogP contribution in [0.1, 0.15) is 32.4 Å². The van der Waals surface area contributed by atoms with E-state index in [1.807, 2.05) is 0 Å². The zero-order valence-corrected chi connectivity index (χ0v) is 14.2. The predicted octanol–water partition coefficient (Wildman–Crippen LogP) is 3.74. The monoisotopic (exact) mass is 361 g/mol. The Labute approximate surface area is 155 Å². The van der Waals surface area contributed by atoms with Gasteiger partial charge in [0.05, 0.1) is 5.56 Å². The summed E-state index contributed by atoms with van der Waals surface area (Å²) in [6, 6.07) is 21.6. The van der Waals surface area contributed by atoms with Gasteiger partial charge >= 0.3 is 0 Å². The number of hydrogen-bond donors (Lipinski definition) is 2. The molecule has 2 amide bonds. The quantitative estimate of drug-likeness (QED) is 0.747. The van der Waals surface area contributed by atoms with E-state index in [0.717, 1.165) is 5.01 Å². The van der Waals surface area contributed by atoms with Crippen molar-refractivity contribution in [3.05, 3.63) is 101 Å². The maximum absolute atomic E-state index is 14.4. The van der Waals surface area contributed by atoms with E-state index in [2.05, 4.69) is 10.7 Å². The molecule has 27 heavy (non-hydrogen) atoms. The van der Waals surface area contributed by atoms with E-state index in [0.29, 0.717) is 16.8 Å². The molecule has 3 aromatic carbocycles. The fourth-order valence-corrected chi connectivity index (χ4v) is 3.05. The molecule has 1 heterocycles. The van der Waals surface area contributed by atoms with Crippen LogP contribution in [-0.2, 0) is 0 Å². The number of carbonyl (C=O) groups is 2. The van der Waals surface area contributed by atoms with Gasteiger partial charge in [0.1, 0.15) is 5.82 Å². The van der Waals surface area contributed by atoms with Crippen LogP contribution in [0.2, 0.25) is 0 Å². The minimum atomic E-state index is -0.874. The van der Waals surface area contributed by atoms with Crippen LogP contribution in [0.15, 0.2) is 78.9 Å². The Morgan fingerprint density at radius 3 is 2.37 bits per heavy atom. The first-order chi connectivity index (χ1) is 13.1. The molecule has 134 valence electrons. The molecule has 0 bridgehead atoms. The summed E-state index contributed by atoms with van der Waals surface area (Å²) in [6.45, 7) is 0. The lowest BCUT2D eigenvalue weighted by Gasteiger charge is -2.37. The highest BCUT2D eigenvalue weighted by atomic mass is 19.1. The second-order valence-electron chi connectivity index (χ2n) is 6.10. The zero-order chi connectivity index (χ0) is 18.8. The van der Waals surface area contributed by atoms with E-state index in [4.69, 9.17) is 0 Å². The number of nitrogens with zero attached hydrogens (tertiary/aromatic N) is 1. The number of rotatable bonds is 3. The summed E-state index contributed by atoms with van der Waals surface area (Å²) in [5.41, 5.74) is 4.26. The number of hydrogen-bond acceptors (Lipinski definition) is 3. The Kier molecular flexibility index (Phi) is 4.30. The number of nitrogens with one attached hydrogen (secondary N) is 2. The van der Waals surface area contributed by atoms with Crippen molar-refractivity contribution in [1.82, 2.24) is 10.4 Å². The van der Waals surface area contributed by atoms with E-state index < -0.39 is 23.8 Å². The van der Waals surface area contributed by atoms with Crippen LogP contribution in [0.4, 0.5) is 10.1 Å². The number of carbonyl (C=O) groups excluding carboxylic acids is 2. The SMILES string of the molecule is O=C(NN1C(=O)c2ccccc2N[C@H]1c1ccccc1F)c1ccccc1. The van der Waals surface area contributed by atoms with Crippen LogP contribution in [-0.4, -0.2) is 16.8 Å². The molecule has 6 heteroatoms. The number of anilines is 1. The van der Waals surface area contributed by atoms with E-state index in [9.17, 15) is 14.0 Å². The summed E-state index contributed by atoms with van der Waals surface area (Å²) < 4.78 is 14.4. The van der Waals surface area contributed by atoms with Gasteiger partial charge in [0, 0.05) is 16.8 Å². The summed E-state index contributed by atoms with van der Waals surface area (Å²) in [6.07, 6.45) is -0.874. The first-order valence-electron chi connectivity index (χ1n) is 8.45. The largest absolute Gasteiger partial charge is 0.359 e. The molecule has 2 N–H and O–H groups in total. The third-order valence-corrected chi connectivity index (χ3v) is 4.38. The molecule has 0 spiro atoms. The highest BCUT2D eigenvalue weighted by Gasteiger charge is 2.35. The Hall–Kier alpha value is -3.67. The molecule has 0 saturated heterocycles. The average Bonchev–Trinajstić information content (AvgIpc) is 2.71. The van der Waals surface area contributed by atoms with Crippen LogP contribution in [0.25, 0.3) is 0 Å². The van der Waals surface area contributed by atoms with Crippen LogP contribution in [0.3, 0.4) is 0 Å². The molecule has 1 aliphatic rings. The molecule has 0 aromatic heterocycles. The highest BCUT2D eigenvalue weighted by Crippen LogP contribution is 2.32. The second kappa shape index (κ2) is 6.92. The van der Waals surface area contributed by atoms with Crippen LogP contribution in [0, 0.1) is 5.82 Å². The van der Waals surface area contributed by atoms with Crippen molar-refractivity contribution in [2.75, 3.05) is 5.32 Å². The maximum Gasteiger partial charge on any atom is 0.276 e. The summed E-state index contributed by atoms with van der Waals surface area (Å²) in [5, 5.41) is 4.28. The van der Waals surface area contributed by atoms with E-state index in [1.165, 1.54) is 6.07 Å². The Bertz CT molecular complexity index is 1010. The summed E-state index contributed by atoms with van der Waals surface area (Å²) in [4.78, 5) is 25.6. The van der Waals surface area contributed by atoms with Gasteiger partial charge in [0.15, 0.2) is 6.17 Å². The molecular formula is C21H16FN3O2. The zero-order valence-electron chi connectivity index (χ0n) is 14.2. The first-order valence-corrected chi connectivity index (χ1v) is 8.45. The average molecular weight is 361 g/mol. The maximum atomic E-state index is 14.4. The molecule has 0 radical (unpaired) electrons. The van der Waals surface area contributed by atoms with Crippen molar-refractivity contribution in [2.45, 2.75) is 6.17 Å².